The Labute approximate surface area is 180 Å². The first-order valence-corrected chi connectivity index (χ1v) is 11.0. The van der Waals surface area contributed by atoms with Crippen molar-refractivity contribution in [3.8, 4) is 0 Å². The minimum atomic E-state index is -0.0550. The summed E-state index contributed by atoms with van der Waals surface area (Å²) in [5.74, 6) is -0.0550. The number of hydrogen-bond acceptors (Lipinski definition) is 3. The van der Waals surface area contributed by atoms with Gasteiger partial charge in [-0.3, -0.25) is 9.69 Å². The maximum Gasteiger partial charge on any atom is 0.324 e. The minimum Gasteiger partial charge on any atom is -0.326 e. The van der Waals surface area contributed by atoms with Crippen LogP contribution in [0.15, 0.2) is 66.0 Å². The lowest BCUT2D eigenvalue weighted by molar-refractivity contribution is -0.115. The summed E-state index contributed by atoms with van der Waals surface area (Å²) in [7, 11) is 0. The number of rotatable bonds is 6. The number of benzene rings is 2. The summed E-state index contributed by atoms with van der Waals surface area (Å²) in [5, 5.41) is 4.91. The van der Waals surface area contributed by atoms with Crippen molar-refractivity contribution in [2.75, 3.05) is 23.3 Å². The number of carbonyl (C=O) groups is 2. The van der Waals surface area contributed by atoms with E-state index in [-0.39, 0.29) is 11.9 Å². The summed E-state index contributed by atoms with van der Waals surface area (Å²) < 4.78 is 0. The molecule has 0 atom stereocenters. The summed E-state index contributed by atoms with van der Waals surface area (Å²) in [5.41, 5.74) is 3.86. The molecule has 0 saturated carbocycles. The first-order valence-electron chi connectivity index (χ1n) is 10.1. The molecule has 1 fully saturated rings. The van der Waals surface area contributed by atoms with Crippen LogP contribution >= 0.6 is 11.3 Å². The molecule has 0 radical (unpaired) electrons. The summed E-state index contributed by atoms with van der Waals surface area (Å²) in [6, 6.07) is 19.7. The molecule has 0 bridgehead atoms. The number of aryl methyl sites for hydroxylation is 1. The molecule has 1 aliphatic rings. The van der Waals surface area contributed by atoms with Gasteiger partial charge in [0.05, 0.1) is 6.42 Å². The van der Waals surface area contributed by atoms with Crippen LogP contribution in [0.3, 0.4) is 0 Å². The van der Waals surface area contributed by atoms with Gasteiger partial charge in [-0.15, -0.1) is 11.3 Å². The predicted molar refractivity (Wildman–Crippen MR) is 122 cm³/mol. The summed E-state index contributed by atoms with van der Waals surface area (Å²) in [6.45, 7) is 4.09. The molecule has 0 aliphatic carbocycles. The average molecular weight is 420 g/mol. The Morgan fingerprint density at radius 3 is 2.67 bits per heavy atom. The van der Waals surface area contributed by atoms with Crippen LogP contribution in [0.5, 0.6) is 0 Å². The molecule has 0 spiro atoms. The molecule has 1 aromatic heterocycles. The van der Waals surface area contributed by atoms with Crippen LogP contribution in [-0.2, 0) is 17.8 Å². The predicted octanol–water partition coefficient (Wildman–Crippen LogP) is 5.07. The molecule has 3 aromatic rings. The Morgan fingerprint density at radius 2 is 1.90 bits per heavy atom. The SMILES string of the molecule is Cc1ccc(CN2CCCN(c3cccc(NC(=O)Cc4cccs4)c3)C2=O)cc1. The number of hydrogen-bond donors (Lipinski definition) is 1. The summed E-state index contributed by atoms with van der Waals surface area (Å²) in [4.78, 5) is 30.1. The second kappa shape index (κ2) is 9.13. The van der Waals surface area contributed by atoms with Crippen LogP contribution in [0, 0.1) is 6.92 Å². The molecule has 5 nitrogen and oxygen atoms in total. The standard InChI is InChI=1S/C24H25N3O2S/c1-18-8-10-19(11-9-18)17-26-12-4-13-27(24(26)29)21-6-2-5-20(15-21)25-23(28)16-22-7-3-14-30-22/h2-3,5-11,14-15H,4,12-13,16-17H2,1H3,(H,25,28). The Bertz CT molecular complexity index is 1020. The van der Waals surface area contributed by atoms with E-state index < -0.39 is 0 Å². The van der Waals surface area contributed by atoms with E-state index >= 15 is 0 Å². The summed E-state index contributed by atoms with van der Waals surface area (Å²) in [6.07, 6.45) is 1.27. The molecule has 3 amide bonds. The molecule has 4 rings (SSSR count). The Hall–Kier alpha value is -3.12. The highest BCUT2D eigenvalue weighted by atomic mass is 32.1. The van der Waals surface area contributed by atoms with Gasteiger partial charge in [-0.1, -0.05) is 42.0 Å². The number of urea groups is 1. The van der Waals surface area contributed by atoms with Gasteiger partial charge in [-0.2, -0.15) is 0 Å². The van der Waals surface area contributed by atoms with Gasteiger partial charge in [0.2, 0.25) is 5.91 Å². The fourth-order valence-corrected chi connectivity index (χ4v) is 4.31. The lowest BCUT2D eigenvalue weighted by Crippen LogP contribution is -2.49. The number of nitrogens with zero attached hydrogens (tertiary/aromatic N) is 2. The van der Waals surface area contributed by atoms with Gasteiger partial charge < -0.3 is 10.2 Å². The molecular weight excluding hydrogens is 394 g/mol. The number of anilines is 2. The number of carbonyl (C=O) groups excluding carboxylic acids is 2. The van der Waals surface area contributed by atoms with E-state index in [0.29, 0.717) is 25.2 Å². The summed E-state index contributed by atoms with van der Waals surface area (Å²) >= 11 is 1.57. The van der Waals surface area contributed by atoms with Gasteiger partial charge in [-0.05, 0) is 48.6 Å². The Kier molecular flexibility index (Phi) is 6.14. The van der Waals surface area contributed by atoms with Crippen LogP contribution < -0.4 is 10.2 Å². The lowest BCUT2D eigenvalue weighted by atomic mass is 10.1. The van der Waals surface area contributed by atoms with E-state index in [1.165, 1.54) is 5.56 Å². The van der Waals surface area contributed by atoms with E-state index in [4.69, 9.17) is 0 Å². The van der Waals surface area contributed by atoms with E-state index in [0.717, 1.165) is 29.1 Å². The largest absolute Gasteiger partial charge is 0.326 e. The zero-order valence-corrected chi connectivity index (χ0v) is 17.8. The van der Waals surface area contributed by atoms with Crippen molar-refractivity contribution in [2.45, 2.75) is 26.3 Å². The van der Waals surface area contributed by atoms with Gasteiger partial charge in [0.25, 0.3) is 0 Å². The van der Waals surface area contributed by atoms with Gasteiger partial charge in [0.15, 0.2) is 0 Å². The van der Waals surface area contributed by atoms with E-state index in [1.807, 2.05) is 46.7 Å². The van der Waals surface area contributed by atoms with Crippen LogP contribution in [0.1, 0.15) is 22.4 Å². The molecule has 1 aliphatic heterocycles. The molecule has 2 aromatic carbocycles. The van der Waals surface area contributed by atoms with Crippen molar-refractivity contribution in [1.29, 1.82) is 0 Å². The van der Waals surface area contributed by atoms with Gasteiger partial charge in [-0.25, -0.2) is 4.79 Å². The van der Waals surface area contributed by atoms with Crippen molar-refractivity contribution >= 4 is 34.6 Å². The monoisotopic (exact) mass is 419 g/mol. The quantitative estimate of drug-likeness (QED) is 0.606. The maximum atomic E-state index is 13.1. The number of amides is 3. The Morgan fingerprint density at radius 1 is 1.07 bits per heavy atom. The topological polar surface area (TPSA) is 52.6 Å². The smallest absolute Gasteiger partial charge is 0.324 e. The normalized spacial score (nSPS) is 14.1. The van der Waals surface area contributed by atoms with Gasteiger partial charge in [0, 0.05) is 35.9 Å². The molecule has 6 heteroatoms. The van der Waals surface area contributed by atoms with Crippen molar-refractivity contribution < 1.29 is 9.59 Å². The average Bonchev–Trinajstić information content (AvgIpc) is 3.24. The molecule has 2 heterocycles. The highest BCUT2D eigenvalue weighted by Gasteiger charge is 2.27. The van der Waals surface area contributed by atoms with Crippen LogP contribution in [-0.4, -0.2) is 29.9 Å². The minimum absolute atomic E-state index is 0.00360. The van der Waals surface area contributed by atoms with Crippen LogP contribution in [0.25, 0.3) is 0 Å². The lowest BCUT2D eigenvalue weighted by Gasteiger charge is -2.36. The Balaban J connectivity index is 1.43. The first-order chi connectivity index (χ1) is 14.6. The fourth-order valence-electron chi connectivity index (χ4n) is 3.61. The molecule has 1 saturated heterocycles. The highest BCUT2D eigenvalue weighted by Crippen LogP contribution is 2.24. The third-order valence-corrected chi connectivity index (χ3v) is 6.04. The second-order valence-electron chi connectivity index (χ2n) is 7.55. The van der Waals surface area contributed by atoms with E-state index in [2.05, 4.69) is 36.5 Å². The third kappa shape index (κ3) is 4.89. The molecule has 154 valence electrons. The zero-order chi connectivity index (χ0) is 20.9. The van der Waals surface area contributed by atoms with Crippen molar-refractivity contribution in [3.63, 3.8) is 0 Å². The molecular formula is C24H25N3O2S. The molecule has 0 unspecified atom stereocenters. The fraction of sp³-hybridized carbons (Fsp3) is 0.250. The molecule has 1 N–H and O–H groups in total. The number of nitrogens with one attached hydrogen (secondary N) is 1. The maximum absolute atomic E-state index is 13.1. The molecule has 30 heavy (non-hydrogen) atoms. The van der Waals surface area contributed by atoms with E-state index in [1.54, 1.807) is 16.2 Å². The van der Waals surface area contributed by atoms with Crippen molar-refractivity contribution in [1.82, 2.24) is 4.90 Å². The van der Waals surface area contributed by atoms with Gasteiger partial charge >= 0.3 is 6.03 Å². The van der Waals surface area contributed by atoms with Crippen molar-refractivity contribution in [3.05, 3.63) is 82.0 Å². The van der Waals surface area contributed by atoms with Gasteiger partial charge in [0.1, 0.15) is 0 Å². The van der Waals surface area contributed by atoms with Crippen molar-refractivity contribution in [2.24, 2.45) is 0 Å². The second-order valence-corrected chi connectivity index (χ2v) is 8.58. The van der Waals surface area contributed by atoms with E-state index in [9.17, 15) is 9.59 Å². The highest BCUT2D eigenvalue weighted by molar-refractivity contribution is 7.10. The third-order valence-electron chi connectivity index (χ3n) is 5.16. The first kappa shape index (κ1) is 20.2. The van der Waals surface area contributed by atoms with Crippen LogP contribution in [0.2, 0.25) is 0 Å². The van der Waals surface area contributed by atoms with Crippen LogP contribution in [0.4, 0.5) is 16.2 Å². The number of thiophene rings is 1. The zero-order valence-electron chi connectivity index (χ0n) is 17.0.